The van der Waals surface area contributed by atoms with Crippen molar-refractivity contribution in [2.75, 3.05) is 5.32 Å². The minimum Gasteiger partial charge on any atom is -0.323 e. The van der Waals surface area contributed by atoms with Gasteiger partial charge in [0.2, 0.25) is 5.91 Å². The number of carbonyl (C=O) groups is 1. The van der Waals surface area contributed by atoms with E-state index in [2.05, 4.69) is 15.5 Å². The summed E-state index contributed by atoms with van der Waals surface area (Å²) >= 11 is 1.15. The Hall–Kier alpha value is -2.87. The van der Waals surface area contributed by atoms with Crippen LogP contribution in [0.25, 0.3) is 0 Å². The first kappa shape index (κ1) is 18.9. The molecule has 3 aromatic rings. The van der Waals surface area contributed by atoms with Crippen LogP contribution in [-0.2, 0) is 17.8 Å². The topological polar surface area (TPSA) is 79.8 Å². The van der Waals surface area contributed by atoms with Crippen LogP contribution in [0.4, 0.5) is 10.1 Å². The van der Waals surface area contributed by atoms with Gasteiger partial charge in [-0.05, 0) is 31.0 Å². The average molecular weight is 386 g/mol. The monoisotopic (exact) mass is 386 g/mol. The van der Waals surface area contributed by atoms with Crippen molar-refractivity contribution >= 4 is 23.4 Å². The van der Waals surface area contributed by atoms with Gasteiger partial charge in [0.05, 0.1) is 10.9 Å². The number of hydrogen-bond acceptors (Lipinski definition) is 4. The highest BCUT2D eigenvalue weighted by atomic mass is 32.2. The summed E-state index contributed by atoms with van der Waals surface area (Å²) in [6.45, 7) is 2.13. The molecule has 2 aromatic carbocycles. The van der Waals surface area contributed by atoms with Gasteiger partial charge in [0, 0.05) is 6.54 Å². The van der Waals surface area contributed by atoms with Gasteiger partial charge in [0.25, 0.3) is 0 Å². The third kappa shape index (κ3) is 4.85. The highest BCUT2D eigenvalue weighted by Crippen LogP contribution is 2.22. The third-order valence-corrected chi connectivity index (χ3v) is 5.06. The predicted octanol–water partition coefficient (Wildman–Crippen LogP) is 3.07. The minimum atomic E-state index is -0.560. The molecule has 3 rings (SSSR count). The van der Waals surface area contributed by atoms with Gasteiger partial charge in [-0.15, -0.1) is 5.10 Å². The lowest BCUT2D eigenvalue weighted by Gasteiger charge is -2.12. The molecule has 0 saturated carbocycles. The summed E-state index contributed by atoms with van der Waals surface area (Å²) in [6.07, 6.45) is 0.670. The van der Waals surface area contributed by atoms with Gasteiger partial charge < -0.3 is 5.32 Å². The molecule has 6 nitrogen and oxygen atoms in total. The quantitative estimate of drug-likeness (QED) is 0.612. The first-order valence-corrected chi connectivity index (χ1v) is 9.33. The molecule has 1 heterocycles. The van der Waals surface area contributed by atoms with Crippen molar-refractivity contribution in [2.45, 2.75) is 30.3 Å². The molecule has 140 valence electrons. The van der Waals surface area contributed by atoms with Crippen LogP contribution in [0.2, 0.25) is 0 Å². The summed E-state index contributed by atoms with van der Waals surface area (Å²) in [6, 6.07) is 15.8. The van der Waals surface area contributed by atoms with Crippen molar-refractivity contribution in [2.24, 2.45) is 0 Å². The number of aromatic amines is 1. The SMILES string of the molecule is CC(Sc1n[nH]c(=O)n1CCc1ccccc1)C(=O)Nc1ccccc1F. The van der Waals surface area contributed by atoms with E-state index in [1.54, 1.807) is 19.1 Å². The maximum atomic E-state index is 13.7. The van der Waals surface area contributed by atoms with Crippen LogP contribution in [0, 0.1) is 5.82 Å². The van der Waals surface area contributed by atoms with Gasteiger partial charge in [-0.2, -0.15) is 0 Å². The van der Waals surface area contributed by atoms with Crippen LogP contribution >= 0.6 is 11.8 Å². The van der Waals surface area contributed by atoms with Crippen molar-refractivity contribution in [3.63, 3.8) is 0 Å². The molecule has 1 atom stereocenters. The van der Waals surface area contributed by atoms with E-state index in [0.717, 1.165) is 17.3 Å². The van der Waals surface area contributed by atoms with Gasteiger partial charge >= 0.3 is 5.69 Å². The Labute approximate surface area is 159 Å². The van der Waals surface area contributed by atoms with Crippen LogP contribution in [0.5, 0.6) is 0 Å². The highest BCUT2D eigenvalue weighted by Gasteiger charge is 2.20. The normalized spacial score (nSPS) is 11.9. The average Bonchev–Trinajstić information content (AvgIpc) is 3.02. The van der Waals surface area contributed by atoms with E-state index < -0.39 is 11.1 Å². The fraction of sp³-hybridized carbons (Fsp3) is 0.211. The number of hydrogen-bond donors (Lipinski definition) is 2. The van der Waals surface area contributed by atoms with E-state index in [9.17, 15) is 14.0 Å². The maximum absolute atomic E-state index is 13.7. The Morgan fingerprint density at radius 3 is 2.67 bits per heavy atom. The standard InChI is InChI=1S/C19H19FN4O2S/c1-13(17(25)21-16-10-6-5-9-15(16)20)27-19-23-22-18(26)24(19)12-11-14-7-3-2-4-8-14/h2-10,13H,11-12H2,1H3,(H,21,25)(H,22,26). The van der Waals surface area contributed by atoms with Gasteiger partial charge in [0.15, 0.2) is 5.16 Å². The summed E-state index contributed by atoms with van der Waals surface area (Å²) in [5.74, 6) is -0.863. The highest BCUT2D eigenvalue weighted by molar-refractivity contribution is 8.00. The number of aromatic nitrogens is 3. The molecule has 0 saturated heterocycles. The molecule has 8 heteroatoms. The van der Waals surface area contributed by atoms with Gasteiger partial charge in [-0.1, -0.05) is 54.2 Å². The number of H-pyrrole nitrogens is 1. The van der Waals surface area contributed by atoms with Crippen LogP contribution in [0.15, 0.2) is 64.5 Å². The number of halogens is 1. The maximum Gasteiger partial charge on any atom is 0.343 e. The molecule has 0 bridgehead atoms. The second-order valence-electron chi connectivity index (χ2n) is 5.93. The molecular formula is C19H19FN4O2S. The Balaban J connectivity index is 1.65. The van der Waals surface area contributed by atoms with Gasteiger partial charge in [0.1, 0.15) is 5.82 Å². The Kier molecular flexibility index (Phi) is 6.08. The fourth-order valence-corrected chi connectivity index (χ4v) is 3.37. The lowest BCUT2D eigenvalue weighted by atomic mass is 10.1. The smallest absolute Gasteiger partial charge is 0.323 e. The lowest BCUT2D eigenvalue weighted by molar-refractivity contribution is -0.115. The summed E-state index contributed by atoms with van der Waals surface area (Å²) in [4.78, 5) is 24.4. The van der Waals surface area contributed by atoms with Crippen molar-refractivity contribution in [3.8, 4) is 0 Å². The molecule has 1 amide bonds. The lowest BCUT2D eigenvalue weighted by Crippen LogP contribution is -2.24. The first-order valence-electron chi connectivity index (χ1n) is 8.46. The molecule has 0 spiro atoms. The van der Waals surface area contributed by atoms with Crippen LogP contribution < -0.4 is 11.0 Å². The minimum absolute atomic E-state index is 0.124. The largest absolute Gasteiger partial charge is 0.343 e. The molecule has 27 heavy (non-hydrogen) atoms. The van der Waals surface area contributed by atoms with Crippen molar-refractivity contribution in [1.29, 1.82) is 0 Å². The van der Waals surface area contributed by atoms with E-state index >= 15 is 0 Å². The molecule has 0 radical (unpaired) electrons. The zero-order valence-corrected chi connectivity index (χ0v) is 15.5. The number of thioether (sulfide) groups is 1. The Morgan fingerprint density at radius 2 is 1.93 bits per heavy atom. The van der Waals surface area contributed by atoms with Gasteiger partial charge in [-0.3, -0.25) is 9.36 Å². The summed E-state index contributed by atoms with van der Waals surface area (Å²) in [7, 11) is 0. The van der Waals surface area contributed by atoms with Gasteiger partial charge in [-0.25, -0.2) is 14.3 Å². The molecule has 2 N–H and O–H groups in total. The van der Waals surface area contributed by atoms with E-state index in [4.69, 9.17) is 0 Å². The number of aryl methyl sites for hydroxylation is 1. The van der Waals surface area contributed by atoms with Crippen LogP contribution in [0.3, 0.4) is 0 Å². The Bertz CT molecular complexity index is 971. The molecule has 1 unspecified atom stereocenters. The summed E-state index contributed by atoms with van der Waals surface area (Å²) < 4.78 is 15.2. The number of para-hydroxylation sites is 1. The van der Waals surface area contributed by atoms with E-state index in [0.29, 0.717) is 18.1 Å². The van der Waals surface area contributed by atoms with Crippen molar-refractivity contribution in [3.05, 3.63) is 76.5 Å². The van der Waals surface area contributed by atoms with Crippen LogP contribution in [-0.4, -0.2) is 25.9 Å². The fourth-order valence-electron chi connectivity index (χ4n) is 2.48. The second kappa shape index (κ2) is 8.68. The molecule has 0 aliphatic carbocycles. The molecule has 0 fully saturated rings. The summed E-state index contributed by atoms with van der Waals surface area (Å²) in [5.41, 5.74) is 0.903. The van der Waals surface area contributed by atoms with E-state index in [-0.39, 0.29) is 17.3 Å². The molecule has 1 aromatic heterocycles. The number of anilines is 1. The first-order chi connectivity index (χ1) is 13.0. The number of rotatable bonds is 7. The number of nitrogens with zero attached hydrogens (tertiary/aromatic N) is 2. The number of amides is 1. The zero-order valence-electron chi connectivity index (χ0n) is 14.7. The van der Waals surface area contributed by atoms with E-state index in [1.165, 1.54) is 16.7 Å². The third-order valence-electron chi connectivity index (χ3n) is 3.97. The number of carbonyl (C=O) groups excluding carboxylic acids is 1. The zero-order chi connectivity index (χ0) is 19.2. The second-order valence-corrected chi connectivity index (χ2v) is 7.24. The number of benzene rings is 2. The Morgan fingerprint density at radius 1 is 1.22 bits per heavy atom. The number of nitrogens with one attached hydrogen (secondary N) is 2. The van der Waals surface area contributed by atoms with Crippen molar-refractivity contribution < 1.29 is 9.18 Å². The molecular weight excluding hydrogens is 367 g/mol. The van der Waals surface area contributed by atoms with E-state index in [1.807, 2.05) is 30.3 Å². The molecule has 0 aliphatic rings. The van der Waals surface area contributed by atoms with Crippen LogP contribution in [0.1, 0.15) is 12.5 Å². The molecule has 0 aliphatic heterocycles. The van der Waals surface area contributed by atoms with Crippen molar-refractivity contribution in [1.82, 2.24) is 14.8 Å². The predicted molar refractivity (Wildman–Crippen MR) is 103 cm³/mol. The summed E-state index contributed by atoms with van der Waals surface area (Å²) in [5, 5.41) is 8.85.